The molecule has 0 N–H and O–H groups in total. The molecule has 15 heavy (non-hydrogen) atoms. The molecule has 0 bridgehead atoms. The Morgan fingerprint density at radius 3 is 1.93 bits per heavy atom. The zero-order chi connectivity index (χ0) is 11.1. The Kier molecular flexibility index (Phi) is 2.78. The Bertz CT molecular complexity index is 240. The van der Waals surface area contributed by atoms with E-state index in [0.717, 1.165) is 24.9 Å². The van der Waals surface area contributed by atoms with E-state index in [0.29, 0.717) is 5.91 Å². The van der Waals surface area contributed by atoms with Crippen molar-refractivity contribution >= 4 is 5.91 Å². The van der Waals surface area contributed by atoms with Gasteiger partial charge in [0.1, 0.15) is 0 Å². The van der Waals surface area contributed by atoms with Gasteiger partial charge < -0.3 is 4.90 Å². The Hall–Kier alpha value is -0.530. The Balaban J connectivity index is 2.00. The molecule has 0 radical (unpaired) electrons. The SMILES string of the molecule is CC(C)(C)C(=O)N1CC2CCCCC2C1. The first kappa shape index (κ1) is 11.0. The highest BCUT2D eigenvalue weighted by atomic mass is 16.2. The number of nitrogens with zero attached hydrogens (tertiary/aromatic N) is 1. The van der Waals surface area contributed by atoms with Crippen LogP contribution in [0.2, 0.25) is 0 Å². The van der Waals surface area contributed by atoms with Crippen LogP contribution in [0.25, 0.3) is 0 Å². The van der Waals surface area contributed by atoms with Crippen molar-refractivity contribution in [2.24, 2.45) is 17.3 Å². The van der Waals surface area contributed by atoms with Crippen LogP contribution in [0, 0.1) is 17.3 Å². The number of amides is 1. The molecule has 1 saturated heterocycles. The van der Waals surface area contributed by atoms with Crippen molar-refractivity contribution in [1.82, 2.24) is 4.90 Å². The molecule has 0 aromatic rings. The van der Waals surface area contributed by atoms with Gasteiger partial charge in [-0.1, -0.05) is 33.6 Å². The molecule has 0 aromatic carbocycles. The van der Waals surface area contributed by atoms with Crippen LogP contribution in [0.5, 0.6) is 0 Å². The molecule has 0 aromatic heterocycles. The Labute approximate surface area is 93.0 Å². The van der Waals surface area contributed by atoms with Gasteiger partial charge in [0.2, 0.25) is 5.91 Å². The van der Waals surface area contributed by atoms with Crippen LogP contribution in [0.3, 0.4) is 0 Å². The predicted octanol–water partition coefficient (Wildman–Crippen LogP) is 2.68. The van der Waals surface area contributed by atoms with Crippen molar-refractivity contribution in [3.05, 3.63) is 0 Å². The van der Waals surface area contributed by atoms with Gasteiger partial charge >= 0.3 is 0 Å². The average Bonchev–Trinajstić information content (AvgIpc) is 2.58. The van der Waals surface area contributed by atoms with E-state index < -0.39 is 0 Å². The van der Waals surface area contributed by atoms with Crippen molar-refractivity contribution in [3.8, 4) is 0 Å². The molecule has 2 nitrogen and oxygen atoms in total. The maximum absolute atomic E-state index is 12.1. The summed E-state index contributed by atoms with van der Waals surface area (Å²) in [6, 6.07) is 0. The van der Waals surface area contributed by atoms with Crippen molar-refractivity contribution < 1.29 is 4.79 Å². The minimum absolute atomic E-state index is 0.201. The predicted molar refractivity (Wildman–Crippen MR) is 61.5 cm³/mol. The number of hydrogen-bond acceptors (Lipinski definition) is 1. The van der Waals surface area contributed by atoms with Crippen molar-refractivity contribution in [2.75, 3.05) is 13.1 Å². The van der Waals surface area contributed by atoms with E-state index in [4.69, 9.17) is 0 Å². The fourth-order valence-electron chi connectivity index (χ4n) is 3.05. The monoisotopic (exact) mass is 209 g/mol. The Morgan fingerprint density at radius 2 is 1.53 bits per heavy atom. The van der Waals surface area contributed by atoms with Gasteiger partial charge in [-0.3, -0.25) is 4.79 Å². The van der Waals surface area contributed by atoms with E-state index in [2.05, 4.69) is 4.90 Å². The van der Waals surface area contributed by atoms with Crippen LogP contribution < -0.4 is 0 Å². The first-order valence-corrected chi connectivity index (χ1v) is 6.28. The topological polar surface area (TPSA) is 20.3 Å². The number of carbonyl (C=O) groups excluding carboxylic acids is 1. The number of likely N-dealkylation sites (tertiary alicyclic amines) is 1. The number of carbonyl (C=O) groups is 1. The second kappa shape index (κ2) is 3.80. The molecule has 1 aliphatic carbocycles. The minimum Gasteiger partial charge on any atom is -0.342 e. The van der Waals surface area contributed by atoms with Gasteiger partial charge in [0.05, 0.1) is 0 Å². The molecule has 86 valence electrons. The normalized spacial score (nSPS) is 31.5. The van der Waals surface area contributed by atoms with E-state index in [1.54, 1.807) is 0 Å². The Morgan fingerprint density at radius 1 is 1.07 bits per heavy atom. The lowest BCUT2D eigenvalue weighted by Gasteiger charge is -2.25. The van der Waals surface area contributed by atoms with Gasteiger partial charge in [-0.25, -0.2) is 0 Å². The quantitative estimate of drug-likeness (QED) is 0.600. The minimum atomic E-state index is -0.201. The van der Waals surface area contributed by atoms with Gasteiger partial charge in [-0.05, 0) is 24.7 Å². The molecular weight excluding hydrogens is 186 g/mol. The molecule has 0 spiro atoms. The van der Waals surface area contributed by atoms with Crippen molar-refractivity contribution in [1.29, 1.82) is 0 Å². The lowest BCUT2D eigenvalue weighted by atomic mass is 9.82. The lowest BCUT2D eigenvalue weighted by Crippen LogP contribution is -2.38. The van der Waals surface area contributed by atoms with Gasteiger partial charge in [0.15, 0.2) is 0 Å². The summed E-state index contributed by atoms with van der Waals surface area (Å²) in [5, 5.41) is 0. The summed E-state index contributed by atoms with van der Waals surface area (Å²) in [7, 11) is 0. The molecule has 1 aliphatic heterocycles. The number of fused-ring (bicyclic) bond motifs is 1. The van der Waals surface area contributed by atoms with E-state index in [9.17, 15) is 4.79 Å². The fraction of sp³-hybridized carbons (Fsp3) is 0.923. The van der Waals surface area contributed by atoms with Gasteiger partial charge in [0.25, 0.3) is 0 Å². The van der Waals surface area contributed by atoms with E-state index in [1.807, 2.05) is 20.8 Å². The first-order valence-electron chi connectivity index (χ1n) is 6.28. The summed E-state index contributed by atoms with van der Waals surface area (Å²) >= 11 is 0. The summed E-state index contributed by atoms with van der Waals surface area (Å²) < 4.78 is 0. The number of rotatable bonds is 0. The highest BCUT2D eigenvalue weighted by Crippen LogP contribution is 2.37. The molecule has 2 heteroatoms. The molecule has 2 atom stereocenters. The molecule has 2 aliphatic rings. The van der Waals surface area contributed by atoms with Crippen LogP contribution in [-0.2, 0) is 4.79 Å². The number of hydrogen-bond donors (Lipinski definition) is 0. The third-order valence-electron chi connectivity index (χ3n) is 3.91. The zero-order valence-electron chi connectivity index (χ0n) is 10.3. The largest absolute Gasteiger partial charge is 0.342 e. The summed E-state index contributed by atoms with van der Waals surface area (Å²) in [6.07, 6.45) is 5.44. The third-order valence-corrected chi connectivity index (χ3v) is 3.91. The van der Waals surface area contributed by atoms with Crippen LogP contribution in [0.15, 0.2) is 0 Å². The maximum atomic E-state index is 12.1. The highest BCUT2D eigenvalue weighted by Gasteiger charge is 2.39. The summed E-state index contributed by atoms with van der Waals surface area (Å²) in [5.74, 6) is 1.96. The molecule has 2 unspecified atom stereocenters. The maximum Gasteiger partial charge on any atom is 0.227 e. The standard InChI is InChI=1S/C13H23NO/c1-13(2,3)12(15)14-8-10-6-4-5-7-11(10)9-14/h10-11H,4-9H2,1-3H3. The lowest BCUT2D eigenvalue weighted by molar-refractivity contribution is -0.138. The zero-order valence-corrected chi connectivity index (χ0v) is 10.3. The second-order valence-electron chi connectivity index (χ2n) is 6.26. The molecule has 2 rings (SSSR count). The molecule has 1 heterocycles. The highest BCUT2D eigenvalue weighted by molar-refractivity contribution is 5.81. The molecule has 1 amide bonds. The van der Waals surface area contributed by atoms with Gasteiger partial charge in [0, 0.05) is 18.5 Å². The summed E-state index contributed by atoms with van der Waals surface area (Å²) in [6.45, 7) is 8.13. The molecule has 2 fully saturated rings. The second-order valence-corrected chi connectivity index (χ2v) is 6.26. The van der Waals surface area contributed by atoms with Crippen LogP contribution in [0.1, 0.15) is 46.5 Å². The summed E-state index contributed by atoms with van der Waals surface area (Å²) in [5.41, 5.74) is -0.201. The first-order chi connectivity index (χ1) is 6.98. The summed E-state index contributed by atoms with van der Waals surface area (Å²) in [4.78, 5) is 14.2. The van der Waals surface area contributed by atoms with Gasteiger partial charge in [-0.15, -0.1) is 0 Å². The van der Waals surface area contributed by atoms with Crippen molar-refractivity contribution in [3.63, 3.8) is 0 Å². The van der Waals surface area contributed by atoms with Crippen LogP contribution >= 0.6 is 0 Å². The fourth-order valence-corrected chi connectivity index (χ4v) is 3.05. The van der Waals surface area contributed by atoms with Crippen molar-refractivity contribution in [2.45, 2.75) is 46.5 Å². The third kappa shape index (κ3) is 2.19. The van der Waals surface area contributed by atoms with E-state index in [-0.39, 0.29) is 5.41 Å². The molecule has 1 saturated carbocycles. The molecular formula is C13H23NO. The van der Waals surface area contributed by atoms with Gasteiger partial charge in [-0.2, -0.15) is 0 Å². The van der Waals surface area contributed by atoms with Crippen LogP contribution in [-0.4, -0.2) is 23.9 Å². The van der Waals surface area contributed by atoms with Crippen LogP contribution in [0.4, 0.5) is 0 Å². The average molecular weight is 209 g/mol. The van der Waals surface area contributed by atoms with E-state index >= 15 is 0 Å². The van der Waals surface area contributed by atoms with E-state index in [1.165, 1.54) is 25.7 Å². The smallest absolute Gasteiger partial charge is 0.227 e.